The van der Waals surface area contributed by atoms with Gasteiger partial charge in [-0.25, -0.2) is 8.42 Å². The van der Waals surface area contributed by atoms with Crippen LogP contribution in [0, 0.1) is 0 Å². The highest BCUT2D eigenvalue weighted by molar-refractivity contribution is 7.92. The van der Waals surface area contributed by atoms with Crippen LogP contribution in [0.25, 0.3) is 0 Å². The average Bonchev–Trinajstić information content (AvgIpc) is 3.40. The van der Waals surface area contributed by atoms with Crippen LogP contribution in [0.1, 0.15) is 12.8 Å². The van der Waals surface area contributed by atoms with Gasteiger partial charge >= 0.3 is 0 Å². The second-order valence-electron chi connectivity index (χ2n) is 5.76. The number of rotatable bonds is 6. The Labute approximate surface area is 156 Å². The summed E-state index contributed by atoms with van der Waals surface area (Å²) < 4.78 is 27.1. The summed E-state index contributed by atoms with van der Waals surface area (Å²) in [4.78, 5) is 12.3. The second kappa shape index (κ2) is 7.23. The minimum Gasteiger partial charge on any atom is -0.352 e. The van der Waals surface area contributed by atoms with E-state index in [1.807, 2.05) is 0 Å². The number of anilines is 1. The lowest BCUT2D eigenvalue weighted by molar-refractivity contribution is -0.119. The Morgan fingerprint density at radius 2 is 1.76 bits per heavy atom. The highest BCUT2D eigenvalue weighted by Gasteiger charge is 2.30. The van der Waals surface area contributed by atoms with E-state index in [4.69, 9.17) is 23.2 Å². The molecule has 8 heteroatoms. The number of hydrogen-bond donors (Lipinski definition) is 1. The molecule has 1 N–H and O–H groups in total. The Morgan fingerprint density at radius 1 is 1.08 bits per heavy atom. The first-order chi connectivity index (χ1) is 11.9. The summed E-state index contributed by atoms with van der Waals surface area (Å²) in [5.74, 6) is -0.354. The molecule has 0 saturated heterocycles. The molecule has 1 aliphatic rings. The lowest BCUT2D eigenvalue weighted by Gasteiger charge is -2.24. The standard InChI is InChI=1S/C17H16Cl2N2O3S/c18-15-9-8-13(10-16(15)19)21(11-17(22)20-12-6-7-12)25(23,24)14-4-2-1-3-5-14/h1-5,8-10,12H,6-7,11H2,(H,20,22). The third kappa shape index (κ3) is 4.26. The maximum atomic E-state index is 13.0. The van der Waals surface area contributed by atoms with Gasteiger partial charge in [-0.15, -0.1) is 0 Å². The normalized spacial score (nSPS) is 14.2. The van der Waals surface area contributed by atoms with Crippen molar-refractivity contribution in [2.75, 3.05) is 10.8 Å². The van der Waals surface area contributed by atoms with E-state index in [9.17, 15) is 13.2 Å². The van der Waals surface area contributed by atoms with Crippen molar-refractivity contribution in [3.8, 4) is 0 Å². The van der Waals surface area contributed by atoms with Gasteiger partial charge in [0.15, 0.2) is 0 Å². The molecule has 2 aromatic rings. The maximum Gasteiger partial charge on any atom is 0.264 e. The molecular formula is C17H16Cl2N2O3S. The van der Waals surface area contributed by atoms with Crippen LogP contribution in [-0.2, 0) is 14.8 Å². The number of halogens is 2. The molecule has 0 radical (unpaired) electrons. The van der Waals surface area contributed by atoms with E-state index in [1.165, 1.54) is 30.3 Å². The van der Waals surface area contributed by atoms with Gasteiger partial charge in [0.1, 0.15) is 6.54 Å². The van der Waals surface area contributed by atoms with Crippen molar-refractivity contribution in [1.29, 1.82) is 0 Å². The average molecular weight is 399 g/mol. The number of amides is 1. The van der Waals surface area contributed by atoms with Crippen molar-refractivity contribution in [2.45, 2.75) is 23.8 Å². The van der Waals surface area contributed by atoms with Crippen LogP contribution in [0.5, 0.6) is 0 Å². The minimum atomic E-state index is -3.92. The Bertz CT molecular complexity index is 884. The van der Waals surface area contributed by atoms with Crippen LogP contribution in [0.4, 0.5) is 5.69 Å². The fraction of sp³-hybridized carbons (Fsp3) is 0.235. The molecule has 0 bridgehead atoms. The zero-order chi connectivity index (χ0) is 18.0. The number of carbonyl (C=O) groups is 1. The Balaban J connectivity index is 1.98. The van der Waals surface area contributed by atoms with E-state index in [1.54, 1.807) is 18.2 Å². The molecule has 1 saturated carbocycles. The number of carbonyl (C=O) groups excluding carboxylic acids is 1. The molecule has 0 heterocycles. The quantitative estimate of drug-likeness (QED) is 0.809. The molecular weight excluding hydrogens is 383 g/mol. The van der Waals surface area contributed by atoms with Crippen LogP contribution < -0.4 is 9.62 Å². The summed E-state index contributed by atoms with van der Waals surface area (Å²) in [6.07, 6.45) is 1.84. The van der Waals surface area contributed by atoms with E-state index < -0.39 is 10.0 Å². The number of nitrogens with zero attached hydrogens (tertiary/aromatic N) is 1. The van der Waals surface area contributed by atoms with Gasteiger partial charge in [0.25, 0.3) is 10.0 Å². The topological polar surface area (TPSA) is 66.5 Å². The van der Waals surface area contributed by atoms with Crippen molar-refractivity contribution in [3.63, 3.8) is 0 Å². The van der Waals surface area contributed by atoms with Crippen molar-refractivity contribution in [1.82, 2.24) is 5.32 Å². The highest BCUT2D eigenvalue weighted by Crippen LogP contribution is 2.30. The van der Waals surface area contributed by atoms with Gasteiger partial charge in [0.05, 0.1) is 20.6 Å². The molecule has 3 rings (SSSR count). The molecule has 132 valence electrons. The maximum absolute atomic E-state index is 13.0. The Morgan fingerprint density at radius 3 is 2.36 bits per heavy atom. The van der Waals surface area contributed by atoms with Crippen LogP contribution in [0.3, 0.4) is 0 Å². The smallest absolute Gasteiger partial charge is 0.264 e. The minimum absolute atomic E-state index is 0.0975. The molecule has 0 atom stereocenters. The van der Waals surface area contributed by atoms with Crippen molar-refractivity contribution in [2.24, 2.45) is 0 Å². The fourth-order valence-corrected chi connectivity index (χ4v) is 4.03. The first-order valence-electron chi connectivity index (χ1n) is 7.70. The molecule has 0 unspecified atom stereocenters. The predicted octanol–water partition coefficient (Wildman–Crippen LogP) is 3.47. The highest BCUT2D eigenvalue weighted by atomic mass is 35.5. The lowest BCUT2D eigenvalue weighted by atomic mass is 10.3. The SMILES string of the molecule is O=C(CN(c1ccc(Cl)c(Cl)c1)S(=O)(=O)c1ccccc1)NC1CC1. The first-order valence-corrected chi connectivity index (χ1v) is 9.90. The van der Waals surface area contributed by atoms with E-state index in [0.717, 1.165) is 17.1 Å². The van der Waals surface area contributed by atoms with Crippen LogP contribution >= 0.6 is 23.2 Å². The van der Waals surface area contributed by atoms with E-state index >= 15 is 0 Å². The summed E-state index contributed by atoms with van der Waals surface area (Å²) in [6, 6.07) is 12.6. The lowest BCUT2D eigenvalue weighted by Crippen LogP contribution is -2.41. The molecule has 5 nitrogen and oxygen atoms in total. The molecule has 0 aromatic heterocycles. The third-order valence-corrected chi connectivity index (χ3v) is 6.28. The largest absolute Gasteiger partial charge is 0.352 e. The number of hydrogen-bond acceptors (Lipinski definition) is 3. The van der Waals surface area contributed by atoms with Crippen LogP contribution in [0.2, 0.25) is 10.0 Å². The first kappa shape index (κ1) is 18.0. The summed E-state index contributed by atoms with van der Waals surface area (Å²) in [6.45, 7) is -0.328. The molecule has 1 aliphatic carbocycles. The van der Waals surface area contributed by atoms with E-state index in [2.05, 4.69) is 5.32 Å². The molecule has 0 spiro atoms. The zero-order valence-corrected chi connectivity index (χ0v) is 15.5. The Kier molecular flexibility index (Phi) is 5.22. The van der Waals surface area contributed by atoms with Crippen LogP contribution in [-0.4, -0.2) is 26.9 Å². The van der Waals surface area contributed by atoms with E-state index in [0.29, 0.717) is 5.02 Å². The van der Waals surface area contributed by atoms with Gasteiger partial charge < -0.3 is 5.32 Å². The van der Waals surface area contributed by atoms with E-state index in [-0.39, 0.29) is 34.1 Å². The molecule has 25 heavy (non-hydrogen) atoms. The summed E-state index contributed by atoms with van der Waals surface area (Å²) in [5, 5.41) is 3.33. The van der Waals surface area contributed by atoms with Crippen LogP contribution in [0.15, 0.2) is 53.4 Å². The number of sulfonamides is 1. The van der Waals surface area contributed by atoms with Gasteiger partial charge in [-0.2, -0.15) is 0 Å². The van der Waals surface area contributed by atoms with Gasteiger partial charge in [0.2, 0.25) is 5.91 Å². The van der Waals surface area contributed by atoms with Crippen molar-refractivity contribution >= 4 is 44.8 Å². The molecule has 1 amide bonds. The monoisotopic (exact) mass is 398 g/mol. The molecule has 2 aromatic carbocycles. The van der Waals surface area contributed by atoms with Gasteiger partial charge in [-0.1, -0.05) is 41.4 Å². The second-order valence-corrected chi connectivity index (χ2v) is 8.44. The summed E-state index contributed by atoms with van der Waals surface area (Å²) >= 11 is 12.0. The van der Waals surface area contributed by atoms with Gasteiger partial charge in [-0.05, 0) is 43.2 Å². The summed E-state index contributed by atoms with van der Waals surface area (Å²) in [7, 11) is -3.92. The molecule has 0 aliphatic heterocycles. The third-order valence-electron chi connectivity index (χ3n) is 3.75. The van der Waals surface area contributed by atoms with Crippen molar-refractivity contribution in [3.05, 3.63) is 58.6 Å². The van der Waals surface area contributed by atoms with Gasteiger partial charge in [-0.3, -0.25) is 9.10 Å². The zero-order valence-electron chi connectivity index (χ0n) is 13.2. The predicted molar refractivity (Wildman–Crippen MR) is 98.6 cm³/mol. The Hall–Kier alpha value is -1.76. The van der Waals surface area contributed by atoms with Crippen molar-refractivity contribution < 1.29 is 13.2 Å². The van der Waals surface area contributed by atoms with Gasteiger partial charge in [0, 0.05) is 6.04 Å². The summed E-state index contributed by atoms with van der Waals surface area (Å²) in [5.41, 5.74) is 0.282. The fourth-order valence-electron chi connectivity index (χ4n) is 2.31. The molecule has 1 fully saturated rings. The number of benzene rings is 2. The number of nitrogens with one attached hydrogen (secondary N) is 1.